The largest absolute Gasteiger partial charge is 0.427 e. The quantitative estimate of drug-likeness (QED) is 0.444. The van der Waals surface area contributed by atoms with E-state index in [1.54, 1.807) is 24.3 Å². The highest BCUT2D eigenvalue weighted by Gasteiger charge is 2.16. The lowest BCUT2D eigenvalue weighted by atomic mass is 10.0. The highest BCUT2D eigenvalue weighted by atomic mass is 16.5. The number of carbonyl (C=O) groups is 2. The van der Waals surface area contributed by atoms with Crippen LogP contribution in [0, 0.1) is 5.92 Å². The Bertz CT molecular complexity index is 456. The fourth-order valence-electron chi connectivity index (χ4n) is 2.72. The Hall–Kier alpha value is -1.64. The summed E-state index contributed by atoms with van der Waals surface area (Å²) in [5.74, 6) is 1.15. The fraction of sp³-hybridized carbons (Fsp3) is 0.529. The van der Waals surface area contributed by atoms with Crippen molar-refractivity contribution < 1.29 is 14.3 Å². The lowest BCUT2D eigenvalue weighted by Crippen LogP contribution is -2.09. The van der Waals surface area contributed by atoms with E-state index in [0.717, 1.165) is 6.42 Å². The number of esters is 1. The molecule has 1 aliphatic carbocycles. The second kappa shape index (κ2) is 7.22. The third-order valence-corrected chi connectivity index (χ3v) is 3.96. The van der Waals surface area contributed by atoms with Crippen molar-refractivity contribution in [3.05, 3.63) is 29.8 Å². The summed E-state index contributed by atoms with van der Waals surface area (Å²) in [6, 6.07) is 6.81. The van der Waals surface area contributed by atoms with Crippen molar-refractivity contribution in [3.8, 4) is 5.75 Å². The van der Waals surface area contributed by atoms with Gasteiger partial charge in [-0.2, -0.15) is 0 Å². The molecule has 1 aromatic rings. The maximum atomic E-state index is 11.8. The van der Waals surface area contributed by atoms with Gasteiger partial charge in [0.05, 0.1) is 0 Å². The van der Waals surface area contributed by atoms with E-state index < -0.39 is 0 Å². The molecule has 0 amide bonds. The van der Waals surface area contributed by atoms with E-state index in [0.29, 0.717) is 30.1 Å². The molecule has 0 N–H and O–H groups in total. The van der Waals surface area contributed by atoms with Gasteiger partial charge in [-0.15, -0.1) is 0 Å². The van der Waals surface area contributed by atoms with Gasteiger partial charge in [0, 0.05) is 18.4 Å². The van der Waals surface area contributed by atoms with Crippen LogP contribution in [0.2, 0.25) is 0 Å². The first-order valence-corrected chi connectivity index (χ1v) is 7.53. The Morgan fingerprint density at radius 2 is 1.80 bits per heavy atom. The average Bonchev–Trinajstić information content (AvgIpc) is 2.98. The molecule has 20 heavy (non-hydrogen) atoms. The molecule has 1 aromatic carbocycles. The number of ether oxygens (including phenoxy) is 1. The zero-order chi connectivity index (χ0) is 14.4. The van der Waals surface area contributed by atoms with Crippen LogP contribution in [0.15, 0.2) is 24.3 Å². The maximum Gasteiger partial charge on any atom is 0.311 e. The summed E-state index contributed by atoms with van der Waals surface area (Å²) in [6.07, 6.45) is 7.01. The van der Waals surface area contributed by atoms with Crippen LogP contribution in [0.25, 0.3) is 0 Å². The van der Waals surface area contributed by atoms with Crippen molar-refractivity contribution in [2.24, 2.45) is 5.92 Å². The van der Waals surface area contributed by atoms with Gasteiger partial charge in [-0.05, 0) is 36.6 Å². The Kier molecular flexibility index (Phi) is 5.33. The molecule has 0 aromatic heterocycles. The van der Waals surface area contributed by atoms with E-state index in [1.807, 2.05) is 6.92 Å². The molecule has 108 valence electrons. The Labute approximate surface area is 120 Å². The van der Waals surface area contributed by atoms with Gasteiger partial charge in [0.2, 0.25) is 0 Å². The molecule has 1 fully saturated rings. The van der Waals surface area contributed by atoms with Gasteiger partial charge in [0.25, 0.3) is 0 Å². The number of benzene rings is 1. The zero-order valence-electron chi connectivity index (χ0n) is 12.1. The first-order chi connectivity index (χ1) is 9.69. The van der Waals surface area contributed by atoms with Crippen LogP contribution in [0.1, 0.15) is 62.2 Å². The van der Waals surface area contributed by atoms with E-state index >= 15 is 0 Å². The van der Waals surface area contributed by atoms with Crippen LogP contribution in [0.5, 0.6) is 5.75 Å². The lowest BCUT2D eigenvalue weighted by Gasteiger charge is -2.08. The minimum Gasteiger partial charge on any atom is -0.427 e. The van der Waals surface area contributed by atoms with Crippen molar-refractivity contribution in [3.63, 3.8) is 0 Å². The van der Waals surface area contributed by atoms with E-state index in [4.69, 9.17) is 4.74 Å². The predicted octanol–water partition coefficient (Wildman–Crippen LogP) is 4.16. The van der Waals surface area contributed by atoms with Gasteiger partial charge >= 0.3 is 5.97 Å². The molecule has 2 rings (SSSR count). The molecule has 0 bridgehead atoms. The topological polar surface area (TPSA) is 43.4 Å². The second-order valence-electron chi connectivity index (χ2n) is 5.46. The minimum absolute atomic E-state index is 0.101. The normalized spacial score (nSPS) is 15.2. The molecule has 0 atom stereocenters. The predicted molar refractivity (Wildman–Crippen MR) is 77.9 cm³/mol. The standard InChI is InChI=1S/C17H22O3/c1-2-16(18)14-8-10-15(11-9-14)20-17(19)12-7-13-5-3-4-6-13/h8-11,13H,2-7,12H2,1H3. The van der Waals surface area contributed by atoms with E-state index in [1.165, 1.54) is 25.7 Å². The van der Waals surface area contributed by atoms with Crippen molar-refractivity contribution in [2.75, 3.05) is 0 Å². The average molecular weight is 274 g/mol. The maximum absolute atomic E-state index is 11.8. The number of ketones is 1. The highest BCUT2D eigenvalue weighted by Crippen LogP contribution is 2.28. The molecule has 0 heterocycles. The molecule has 0 radical (unpaired) electrons. The summed E-state index contributed by atoms with van der Waals surface area (Å²) in [5, 5.41) is 0. The van der Waals surface area contributed by atoms with E-state index in [-0.39, 0.29) is 11.8 Å². The van der Waals surface area contributed by atoms with Crippen molar-refractivity contribution >= 4 is 11.8 Å². The van der Waals surface area contributed by atoms with Gasteiger partial charge in [0.1, 0.15) is 5.75 Å². The number of carbonyl (C=O) groups excluding carboxylic acids is 2. The van der Waals surface area contributed by atoms with Crippen molar-refractivity contribution in [2.45, 2.75) is 51.9 Å². The smallest absolute Gasteiger partial charge is 0.311 e. The summed E-state index contributed by atoms with van der Waals surface area (Å²) >= 11 is 0. The van der Waals surface area contributed by atoms with Crippen LogP contribution in [0.4, 0.5) is 0 Å². The van der Waals surface area contributed by atoms with Gasteiger partial charge in [-0.1, -0.05) is 32.6 Å². The monoisotopic (exact) mass is 274 g/mol. The third-order valence-electron chi connectivity index (χ3n) is 3.96. The van der Waals surface area contributed by atoms with E-state index in [9.17, 15) is 9.59 Å². The number of rotatable bonds is 6. The molecule has 0 saturated heterocycles. The number of Topliss-reactive ketones (excluding diaryl/α,β-unsaturated/α-hetero) is 1. The number of hydrogen-bond donors (Lipinski definition) is 0. The summed E-state index contributed by atoms with van der Waals surface area (Å²) in [5.41, 5.74) is 0.665. The minimum atomic E-state index is -0.175. The molecule has 3 nitrogen and oxygen atoms in total. The van der Waals surface area contributed by atoms with Gasteiger partial charge in [0.15, 0.2) is 5.78 Å². The van der Waals surface area contributed by atoms with Crippen LogP contribution in [-0.4, -0.2) is 11.8 Å². The molecule has 0 aliphatic heterocycles. The molecular weight excluding hydrogens is 252 g/mol. The fourth-order valence-corrected chi connectivity index (χ4v) is 2.72. The molecule has 0 unspecified atom stereocenters. The Morgan fingerprint density at radius 1 is 1.15 bits per heavy atom. The first-order valence-electron chi connectivity index (χ1n) is 7.53. The van der Waals surface area contributed by atoms with Crippen LogP contribution < -0.4 is 4.74 Å². The first kappa shape index (κ1) is 14.8. The van der Waals surface area contributed by atoms with Crippen LogP contribution in [-0.2, 0) is 4.79 Å². The summed E-state index contributed by atoms with van der Waals surface area (Å²) in [6.45, 7) is 1.83. The zero-order valence-corrected chi connectivity index (χ0v) is 12.1. The van der Waals surface area contributed by atoms with Gasteiger partial charge in [-0.3, -0.25) is 9.59 Å². The van der Waals surface area contributed by atoms with Crippen molar-refractivity contribution in [1.82, 2.24) is 0 Å². The van der Waals surface area contributed by atoms with E-state index in [2.05, 4.69) is 0 Å². The number of hydrogen-bond acceptors (Lipinski definition) is 3. The second-order valence-corrected chi connectivity index (χ2v) is 5.46. The van der Waals surface area contributed by atoms with Gasteiger partial charge in [-0.25, -0.2) is 0 Å². The molecule has 1 saturated carbocycles. The molecule has 1 aliphatic rings. The van der Waals surface area contributed by atoms with Crippen molar-refractivity contribution in [1.29, 1.82) is 0 Å². The van der Waals surface area contributed by atoms with Crippen LogP contribution in [0.3, 0.4) is 0 Å². The summed E-state index contributed by atoms with van der Waals surface area (Å²) < 4.78 is 5.29. The van der Waals surface area contributed by atoms with Gasteiger partial charge < -0.3 is 4.74 Å². The van der Waals surface area contributed by atoms with Crippen LogP contribution >= 0.6 is 0 Å². The molecule has 0 spiro atoms. The lowest BCUT2D eigenvalue weighted by molar-refractivity contribution is -0.134. The highest BCUT2D eigenvalue weighted by molar-refractivity contribution is 5.95. The summed E-state index contributed by atoms with van der Waals surface area (Å²) in [7, 11) is 0. The summed E-state index contributed by atoms with van der Waals surface area (Å²) in [4.78, 5) is 23.2. The molecule has 3 heteroatoms. The third kappa shape index (κ3) is 4.19. The Morgan fingerprint density at radius 3 is 2.40 bits per heavy atom. The SMILES string of the molecule is CCC(=O)c1ccc(OC(=O)CCC2CCCC2)cc1. The molecular formula is C17H22O3. The Balaban J connectivity index is 1.80.